The third kappa shape index (κ3) is 4.91. The first kappa shape index (κ1) is 21.0. The lowest BCUT2D eigenvalue weighted by atomic mass is 9.72. The van der Waals surface area contributed by atoms with Gasteiger partial charge >= 0.3 is 0 Å². The van der Waals surface area contributed by atoms with Crippen molar-refractivity contribution < 1.29 is 0 Å². The van der Waals surface area contributed by atoms with Crippen LogP contribution >= 0.6 is 11.6 Å². The Hall–Kier alpha value is -2.23. The molecule has 0 unspecified atom stereocenters. The molecule has 154 valence electrons. The van der Waals surface area contributed by atoms with Crippen molar-refractivity contribution >= 4 is 22.4 Å². The van der Waals surface area contributed by atoms with Crippen LogP contribution in [0.1, 0.15) is 74.5 Å². The Balaban J connectivity index is 1.63. The van der Waals surface area contributed by atoms with Gasteiger partial charge in [-0.1, -0.05) is 98.9 Å². The van der Waals surface area contributed by atoms with E-state index in [4.69, 9.17) is 11.6 Å². The molecular weight excluding hydrogens is 384 g/mol. The number of aryl methyl sites for hydroxylation is 1. The smallest absolute Gasteiger partial charge is 0.0487 e. The summed E-state index contributed by atoms with van der Waals surface area (Å²) in [5.41, 5.74) is 4.03. The van der Waals surface area contributed by atoms with Gasteiger partial charge in [0.15, 0.2) is 0 Å². The third-order valence-electron chi connectivity index (χ3n) is 6.54. The predicted molar refractivity (Wildman–Crippen MR) is 130 cm³/mol. The standard InChI is InChI=1S/C29H31Cl/c1-2-3-4-5-6-9-24-16-20-28-26-11-8-7-10-23(26)15-21-29(28)27(24)19-14-22-12-17-25(30)18-13-22/h7-8,10-13,15,17-18,21,24,27H,2-6,9,16,20H2,1H3/t24-,27+/m1/s1. The van der Waals surface area contributed by atoms with Crippen molar-refractivity contribution in [3.8, 4) is 11.8 Å². The molecule has 1 aliphatic carbocycles. The highest BCUT2D eigenvalue weighted by Crippen LogP contribution is 2.41. The van der Waals surface area contributed by atoms with Crippen molar-refractivity contribution in [3.05, 3.63) is 82.4 Å². The molecule has 30 heavy (non-hydrogen) atoms. The molecule has 0 fully saturated rings. The molecule has 0 nitrogen and oxygen atoms in total. The lowest BCUT2D eigenvalue weighted by Gasteiger charge is -2.31. The molecule has 0 radical (unpaired) electrons. The Morgan fingerprint density at radius 1 is 0.900 bits per heavy atom. The van der Waals surface area contributed by atoms with Gasteiger partial charge < -0.3 is 0 Å². The maximum Gasteiger partial charge on any atom is 0.0487 e. The highest BCUT2D eigenvalue weighted by Gasteiger charge is 2.29. The minimum absolute atomic E-state index is 0.320. The van der Waals surface area contributed by atoms with Gasteiger partial charge in [-0.2, -0.15) is 0 Å². The minimum Gasteiger partial charge on any atom is -0.0894 e. The molecule has 0 saturated heterocycles. The molecule has 0 amide bonds. The first-order valence-electron chi connectivity index (χ1n) is 11.5. The fraction of sp³-hybridized carbons (Fsp3) is 0.379. The molecule has 0 bridgehead atoms. The molecule has 0 saturated carbocycles. The van der Waals surface area contributed by atoms with Crippen LogP contribution in [0.2, 0.25) is 5.02 Å². The first-order valence-corrected chi connectivity index (χ1v) is 11.9. The van der Waals surface area contributed by atoms with Crippen LogP contribution in [0, 0.1) is 17.8 Å². The Kier molecular flexibility index (Phi) is 7.14. The van der Waals surface area contributed by atoms with E-state index in [1.54, 1.807) is 0 Å². The summed E-state index contributed by atoms with van der Waals surface area (Å²) in [6, 6.07) is 21.4. The van der Waals surface area contributed by atoms with Gasteiger partial charge in [0, 0.05) is 16.5 Å². The molecule has 1 heteroatoms. The Labute approximate surface area is 186 Å². The number of unbranched alkanes of at least 4 members (excludes halogenated alkanes) is 4. The lowest BCUT2D eigenvalue weighted by molar-refractivity contribution is 0.380. The summed E-state index contributed by atoms with van der Waals surface area (Å²) in [6.45, 7) is 2.28. The van der Waals surface area contributed by atoms with Crippen molar-refractivity contribution in [1.82, 2.24) is 0 Å². The molecule has 0 aromatic heterocycles. The van der Waals surface area contributed by atoms with Gasteiger partial charge in [0.25, 0.3) is 0 Å². The van der Waals surface area contributed by atoms with Crippen LogP contribution in [0.5, 0.6) is 0 Å². The van der Waals surface area contributed by atoms with E-state index in [0.29, 0.717) is 11.8 Å². The maximum atomic E-state index is 6.05. The minimum atomic E-state index is 0.320. The monoisotopic (exact) mass is 414 g/mol. The van der Waals surface area contributed by atoms with E-state index in [1.165, 1.54) is 73.3 Å². The van der Waals surface area contributed by atoms with E-state index in [-0.39, 0.29) is 0 Å². The fourth-order valence-electron chi connectivity index (χ4n) is 4.88. The third-order valence-corrected chi connectivity index (χ3v) is 6.80. The fourth-order valence-corrected chi connectivity index (χ4v) is 5.01. The SMILES string of the molecule is CCCCCCC[C@@H]1CCc2c(ccc3ccccc23)[C@H]1C#Cc1ccc(Cl)cc1. The average Bonchev–Trinajstić information content (AvgIpc) is 2.78. The summed E-state index contributed by atoms with van der Waals surface area (Å²) < 4.78 is 0. The van der Waals surface area contributed by atoms with Gasteiger partial charge in [-0.25, -0.2) is 0 Å². The second-order valence-corrected chi connectivity index (χ2v) is 9.05. The summed E-state index contributed by atoms with van der Waals surface area (Å²) >= 11 is 6.05. The van der Waals surface area contributed by atoms with Crippen LogP contribution in [-0.2, 0) is 6.42 Å². The molecular formula is C29H31Cl. The zero-order valence-electron chi connectivity index (χ0n) is 18.0. The van der Waals surface area contributed by atoms with Gasteiger partial charge in [-0.3, -0.25) is 0 Å². The maximum absolute atomic E-state index is 6.05. The van der Waals surface area contributed by atoms with E-state index in [1.807, 2.05) is 24.3 Å². The molecule has 3 aromatic rings. The molecule has 0 heterocycles. The molecule has 4 rings (SSSR count). The van der Waals surface area contributed by atoms with Gasteiger partial charge in [0.2, 0.25) is 0 Å². The van der Waals surface area contributed by atoms with Gasteiger partial charge in [-0.05, 0) is 71.3 Å². The summed E-state index contributed by atoms with van der Waals surface area (Å²) in [5.74, 6) is 8.12. The summed E-state index contributed by atoms with van der Waals surface area (Å²) in [6.07, 6.45) is 10.4. The second-order valence-electron chi connectivity index (χ2n) is 8.61. The van der Waals surface area contributed by atoms with E-state index in [0.717, 1.165) is 10.6 Å². The topological polar surface area (TPSA) is 0 Å². The van der Waals surface area contributed by atoms with Crippen LogP contribution in [0.25, 0.3) is 10.8 Å². The molecule has 0 spiro atoms. The molecule has 0 N–H and O–H groups in total. The zero-order chi connectivity index (χ0) is 20.8. The quantitative estimate of drug-likeness (QED) is 0.280. The molecule has 2 atom stereocenters. The number of fused-ring (bicyclic) bond motifs is 3. The molecule has 3 aromatic carbocycles. The van der Waals surface area contributed by atoms with Gasteiger partial charge in [0.05, 0.1) is 0 Å². The van der Waals surface area contributed by atoms with Crippen LogP contribution in [-0.4, -0.2) is 0 Å². The number of halogens is 1. The highest BCUT2D eigenvalue weighted by molar-refractivity contribution is 6.30. The lowest BCUT2D eigenvalue weighted by Crippen LogP contribution is -2.20. The number of hydrogen-bond acceptors (Lipinski definition) is 0. The van der Waals surface area contributed by atoms with Crippen molar-refractivity contribution in [2.75, 3.05) is 0 Å². The van der Waals surface area contributed by atoms with Gasteiger partial charge in [-0.15, -0.1) is 0 Å². The van der Waals surface area contributed by atoms with Crippen LogP contribution < -0.4 is 0 Å². The predicted octanol–water partition coefficient (Wildman–Crippen LogP) is 8.55. The zero-order valence-corrected chi connectivity index (χ0v) is 18.7. The van der Waals surface area contributed by atoms with Crippen molar-refractivity contribution in [3.63, 3.8) is 0 Å². The van der Waals surface area contributed by atoms with Crippen molar-refractivity contribution in [2.45, 2.75) is 64.2 Å². The van der Waals surface area contributed by atoms with Crippen molar-refractivity contribution in [2.24, 2.45) is 5.92 Å². The van der Waals surface area contributed by atoms with E-state index in [9.17, 15) is 0 Å². The Morgan fingerprint density at radius 3 is 2.53 bits per heavy atom. The summed E-state index contributed by atoms with van der Waals surface area (Å²) in [5, 5.41) is 3.52. The summed E-state index contributed by atoms with van der Waals surface area (Å²) in [7, 11) is 0. The van der Waals surface area contributed by atoms with Crippen molar-refractivity contribution in [1.29, 1.82) is 0 Å². The van der Waals surface area contributed by atoms with E-state index >= 15 is 0 Å². The Morgan fingerprint density at radius 2 is 1.70 bits per heavy atom. The largest absolute Gasteiger partial charge is 0.0894 e. The summed E-state index contributed by atoms with van der Waals surface area (Å²) in [4.78, 5) is 0. The normalized spacial score (nSPS) is 17.9. The van der Waals surface area contributed by atoms with Crippen LogP contribution in [0.4, 0.5) is 0 Å². The molecule has 1 aliphatic rings. The van der Waals surface area contributed by atoms with Crippen LogP contribution in [0.3, 0.4) is 0 Å². The number of benzene rings is 3. The second kappa shape index (κ2) is 10.2. The van der Waals surface area contributed by atoms with Crippen LogP contribution in [0.15, 0.2) is 60.7 Å². The Bertz CT molecular complexity index is 1040. The van der Waals surface area contributed by atoms with E-state index in [2.05, 4.69) is 55.2 Å². The van der Waals surface area contributed by atoms with Gasteiger partial charge in [0.1, 0.15) is 0 Å². The van der Waals surface area contributed by atoms with E-state index < -0.39 is 0 Å². The molecule has 0 aliphatic heterocycles. The first-order chi connectivity index (χ1) is 14.8. The highest BCUT2D eigenvalue weighted by atomic mass is 35.5. The number of hydrogen-bond donors (Lipinski definition) is 0. The average molecular weight is 415 g/mol. The number of rotatable bonds is 6.